The summed E-state index contributed by atoms with van der Waals surface area (Å²) in [6.07, 6.45) is 10.2. The Kier molecular flexibility index (Phi) is 15.3. The van der Waals surface area contributed by atoms with E-state index in [4.69, 9.17) is 0 Å². The van der Waals surface area contributed by atoms with Crippen LogP contribution in [0.3, 0.4) is 0 Å². The number of allylic oxidation sites excluding steroid dienone is 4. The van der Waals surface area contributed by atoms with Crippen molar-refractivity contribution in [3.63, 3.8) is 0 Å². The molecule has 0 heterocycles. The van der Waals surface area contributed by atoms with Gasteiger partial charge in [-0.25, -0.2) is 0 Å². The summed E-state index contributed by atoms with van der Waals surface area (Å²) in [6, 6.07) is 0. The van der Waals surface area contributed by atoms with Crippen molar-refractivity contribution in [1.82, 2.24) is 0 Å². The molecule has 0 aromatic carbocycles. The molecule has 0 unspecified atom stereocenters. The minimum absolute atomic E-state index is 1.24. The second-order valence-electron chi connectivity index (χ2n) is 2.69. The lowest BCUT2D eigenvalue weighted by Crippen LogP contribution is -1.78. The first-order chi connectivity index (χ1) is 5.81. The Labute approximate surface area is 78.4 Å². The first kappa shape index (κ1) is 14.0. The molecule has 0 fully saturated rings. The first-order valence-corrected chi connectivity index (χ1v) is 5.13. The van der Waals surface area contributed by atoms with E-state index in [9.17, 15) is 0 Å². The monoisotopic (exact) mass is 168 g/mol. The van der Waals surface area contributed by atoms with Crippen molar-refractivity contribution in [2.24, 2.45) is 0 Å². The molecule has 0 aromatic rings. The Morgan fingerprint density at radius 2 is 1.75 bits per heavy atom. The van der Waals surface area contributed by atoms with Crippen LogP contribution in [-0.4, -0.2) is 0 Å². The lowest BCUT2D eigenvalue weighted by atomic mass is 10.1. The van der Waals surface area contributed by atoms with Crippen LogP contribution in [0.25, 0.3) is 0 Å². The third-order valence-electron chi connectivity index (χ3n) is 1.22. The van der Waals surface area contributed by atoms with Crippen molar-refractivity contribution in [1.29, 1.82) is 0 Å². The molecule has 0 amide bonds. The SMILES string of the molecule is CC.CC1=CC=CCC1.CCC. The van der Waals surface area contributed by atoms with E-state index in [-0.39, 0.29) is 0 Å². The fraction of sp³-hybridized carbons (Fsp3) is 0.667. The van der Waals surface area contributed by atoms with E-state index in [1.165, 1.54) is 24.8 Å². The third kappa shape index (κ3) is 12.2. The number of hydrogen-bond acceptors (Lipinski definition) is 0. The van der Waals surface area contributed by atoms with Gasteiger partial charge in [0.2, 0.25) is 0 Å². The minimum atomic E-state index is 1.24. The Morgan fingerprint density at radius 3 is 1.92 bits per heavy atom. The van der Waals surface area contributed by atoms with Crippen molar-refractivity contribution in [3.05, 3.63) is 23.8 Å². The Bertz CT molecular complexity index is 118. The predicted octanol–water partition coefficient (Wildman–Crippen LogP) is 4.73. The second-order valence-corrected chi connectivity index (χ2v) is 2.69. The van der Waals surface area contributed by atoms with E-state index >= 15 is 0 Å². The highest BCUT2D eigenvalue weighted by molar-refractivity contribution is 5.15. The molecular weight excluding hydrogens is 144 g/mol. The summed E-state index contributed by atoms with van der Waals surface area (Å²) in [7, 11) is 0. The van der Waals surface area contributed by atoms with Gasteiger partial charge in [0, 0.05) is 0 Å². The first-order valence-electron chi connectivity index (χ1n) is 5.13. The molecule has 0 nitrogen and oxygen atoms in total. The average Bonchev–Trinajstić information content (AvgIpc) is 2.11. The lowest BCUT2D eigenvalue weighted by molar-refractivity contribution is 0.962. The molecule has 0 heteroatoms. The molecule has 1 rings (SSSR count). The molecule has 0 radical (unpaired) electrons. The van der Waals surface area contributed by atoms with E-state index < -0.39 is 0 Å². The summed E-state index contributed by atoms with van der Waals surface area (Å²) in [6.45, 7) is 10.4. The van der Waals surface area contributed by atoms with Gasteiger partial charge in [-0.3, -0.25) is 0 Å². The molecule has 0 aromatic heterocycles. The van der Waals surface area contributed by atoms with Crippen LogP contribution >= 0.6 is 0 Å². The summed E-state index contributed by atoms with van der Waals surface area (Å²) in [4.78, 5) is 0. The molecule has 0 spiro atoms. The highest BCUT2D eigenvalue weighted by Gasteiger charge is 1.88. The molecule has 0 saturated carbocycles. The molecule has 0 bridgehead atoms. The van der Waals surface area contributed by atoms with E-state index in [1.807, 2.05) is 13.8 Å². The van der Waals surface area contributed by atoms with E-state index in [1.54, 1.807) is 0 Å². The van der Waals surface area contributed by atoms with Crippen LogP contribution in [0, 0.1) is 0 Å². The van der Waals surface area contributed by atoms with Crippen LogP contribution < -0.4 is 0 Å². The molecule has 72 valence electrons. The fourth-order valence-corrected chi connectivity index (χ4v) is 0.723. The Morgan fingerprint density at radius 1 is 1.25 bits per heavy atom. The van der Waals surface area contributed by atoms with Crippen LogP contribution in [0.4, 0.5) is 0 Å². The van der Waals surface area contributed by atoms with E-state index in [0.29, 0.717) is 0 Å². The molecule has 12 heavy (non-hydrogen) atoms. The van der Waals surface area contributed by atoms with Gasteiger partial charge in [-0.2, -0.15) is 0 Å². The second kappa shape index (κ2) is 13.1. The van der Waals surface area contributed by atoms with Crippen molar-refractivity contribution in [3.8, 4) is 0 Å². The normalized spacial score (nSPS) is 13.2. The topological polar surface area (TPSA) is 0 Å². The highest BCUT2D eigenvalue weighted by atomic mass is 13.9. The summed E-state index contributed by atoms with van der Waals surface area (Å²) >= 11 is 0. The summed E-state index contributed by atoms with van der Waals surface area (Å²) < 4.78 is 0. The van der Waals surface area contributed by atoms with Gasteiger partial charge in [-0.05, 0) is 19.8 Å². The van der Waals surface area contributed by atoms with Gasteiger partial charge in [-0.15, -0.1) is 0 Å². The molecule has 1 aliphatic rings. The maximum atomic E-state index is 2.20. The zero-order chi connectivity index (χ0) is 9.82. The van der Waals surface area contributed by atoms with Crippen LogP contribution in [-0.2, 0) is 0 Å². The zero-order valence-electron chi connectivity index (χ0n) is 9.35. The van der Waals surface area contributed by atoms with Crippen LogP contribution in [0.1, 0.15) is 53.9 Å². The molecule has 0 aliphatic heterocycles. The van der Waals surface area contributed by atoms with Gasteiger partial charge in [-0.1, -0.05) is 57.9 Å². The fourth-order valence-electron chi connectivity index (χ4n) is 0.723. The predicted molar refractivity (Wildman–Crippen MR) is 59.4 cm³/mol. The van der Waals surface area contributed by atoms with Gasteiger partial charge >= 0.3 is 0 Å². The maximum absolute atomic E-state index is 2.20. The van der Waals surface area contributed by atoms with E-state index in [0.717, 1.165) is 0 Å². The molecule has 0 saturated heterocycles. The third-order valence-corrected chi connectivity index (χ3v) is 1.22. The minimum Gasteiger partial charge on any atom is -0.0842 e. The van der Waals surface area contributed by atoms with Gasteiger partial charge in [0.05, 0.1) is 0 Å². The molecule has 1 aliphatic carbocycles. The summed E-state index contributed by atoms with van der Waals surface area (Å²) in [5.74, 6) is 0. The maximum Gasteiger partial charge on any atom is -0.0285 e. The molecule has 0 N–H and O–H groups in total. The van der Waals surface area contributed by atoms with E-state index in [2.05, 4.69) is 39.0 Å². The van der Waals surface area contributed by atoms with Crippen LogP contribution in [0.15, 0.2) is 23.8 Å². The number of rotatable bonds is 0. The number of hydrogen-bond donors (Lipinski definition) is 0. The lowest BCUT2D eigenvalue weighted by Gasteiger charge is -1.98. The molecular formula is C12H24. The summed E-state index contributed by atoms with van der Waals surface area (Å²) in [5, 5.41) is 0. The van der Waals surface area contributed by atoms with Gasteiger partial charge in [0.25, 0.3) is 0 Å². The van der Waals surface area contributed by atoms with Crippen molar-refractivity contribution in [2.45, 2.75) is 53.9 Å². The zero-order valence-corrected chi connectivity index (χ0v) is 9.35. The average molecular weight is 168 g/mol. The quantitative estimate of drug-likeness (QED) is 0.490. The van der Waals surface area contributed by atoms with Gasteiger partial charge in [0.1, 0.15) is 0 Å². The van der Waals surface area contributed by atoms with Crippen molar-refractivity contribution < 1.29 is 0 Å². The van der Waals surface area contributed by atoms with Crippen molar-refractivity contribution >= 4 is 0 Å². The van der Waals surface area contributed by atoms with Crippen molar-refractivity contribution in [2.75, 3.05) is 0 Å². The van der Waals surface area contributed by atoms with Crippen LogP contribution in [0.5, 0.6) is 0 Å². The highest BCUT2D eigenvalue weighted by Crippen LogP contribution is 2.08. The smallest absolute Gasteiger partial charge is 0.0285 e. The molecule has 0 atom stereocenters. The van der Waals surface area contributed by atoms with Gasteiger partial charge in [0.15, 0.2) is 0 Å². The Balaban J connectivity index is 0. The largest absolute Gasteiger partial charge is 0.0842 e. The summed E-state index contributed by atoms with van der Waals surface area (Å²) in [5.41, 5.74) is 1.50. The van der Waals surface area contributed by atoms with Crippen LogP contribution in [0.2, 0.25) is 0 Å². The Hall–Kier alpha value is -0.520. The van der Waals surface area contributed by atoms with Gasteiger partial charge < -0.3 is 0 Å². The standard InChI is InChI=1S/C7H10.C3H8.C2H6/c1-7-5-3-2-4-6-7;1-3-2;1-2/h2-3,5H,4,6H2,1H3;3H2,1-2H3;1-2H3.